The minimum Gasteiger partial charge on any atom is -0.598 e. The summed E-state index contributed by atoms with van der Waals surface area (Å²) in [5, 5.41) is 10.7. The van der Waals surface area contributed by atoms with Gasteiger partial charge in [0.05, 0.1) is 12.3 Å². The minimum absolute atomic E-state index is 0.315. The van der Waals surface area contributed by atoms with E-state index < -0.39 is 40.1 Å². The first-order chi connectivity index (χ1) is 10.6. The van der Waals surface area contributed by atoms with Gasteiger partial charge in [-0.1, -0.05) is 6.07 Å². The van der Waals surface area contributed by atoms with Gasteiger partial charge in [-0.05, 0) is 46.8 Å². The number of aromatic nitrogens is 1. The standard InChI is InChI=1S/C16H26N2O4S/c1-15(2,3)23(20)18-13(12-10-21-16(4,5)22-12)14(19)11-8-6-7-9-17-11/h6-9,12-14,18-19H,10H2,1-5H3/t12-,13?,14?,23?/m1/s1. The fourth-order valence-corrected chi connectivity index (χ4v) is 3.15. The summed E-state index contributed by atoms with van der Waals surface area (Å²) in [6.45, 7) is 9.56. The molecule has 0 amide bonds. The fourth-order valence-electron chi connectivity index (χ4n) is 2.27. The van der Waals surface area contributed by atoms with Gasteiger partial charge in [0.2, 0.25) is 0 Å². The molecule has 7 heteroatoms. The Morgan fingerprint density at radius 2 is 2.13 bits per heavy atom. The lowest BCUT2D eigenvalue weighted by molar-refractivity contribution is -0.144. The Kier molecular flexibility index (Phi) is 5.71. The monoisotopic (exact) mass is 342 g/mol. The topological polar surface area (TPSA) is 86.7 Å². The van der Waals surface area contributed by atoms with E-state index in [0.29, 0.717) is 12.3 Å². The van der Waals surface area contributed by atoms with Crippen molar-refractivity contribution in [2.75, 3.05) is 6.61 Å². The first-order valence-electron chi connectivity index (χ1n) is 7.69. The van der Waals surface area contributed by atoms with Crippen molar-refractivity contribution in [3.8, 4) is 0 Å². The Morgan fingerprint density at radius 3 is 2.61 bits per heavy atom. The molecule has 1 saturated heterocycles. The molecule has 23 heavy (non-hydrogen) atoms. The largest absolute Gasteiger partial charge is 0.598 e. The van der Waals surface area contributed by atoms with Crippen LogP contribution in [-0.4, -0.2) is 43.9 Å². The molecule has 2 rings (SSSR count). The summed E-state index contributed by atoms with van der Waals surface area (Å²) in [5.41, 5.74) is 0.504. The first-order valence-corrected chi connectivity index (χ1v) is 8.84. The van der Waals surface area contributed by atoms with Gasteiger partial charge in [0.25, 0.3) is 0 Å². The van der Waals surface area contributed by atoms with Gasteiger partial charge in [0, 0.05) is 17.6 Å². The lowest BCUT2D eigenvalue weighted by atomic mass is 10.0. The van der Waals surface area contributed by atoms with Crippen molar-refractivity contribution in [2.45, 2.75) is 63.4 Å². The van der Waals surface area contributed by atoms with E-state index in [2.05, 4.69) is 9.71 Å². The highest BCUT2D eigenvalue weighted by atomic mass is 32.2. The van der Waals surface area contributed by atoms with Crippen LogP contribution in [0, 0.1) is 0 Å². The fraction of sp³-hybridized carbons (Fsp3) is 0.688. The maximum absolute atomic E-state index is 12.5. The molecule has 0 spiro atoms. The van der Waals surface area contributed by atoms with Crippen LogP contribution in [0.1, 0.15) is 46.4 Å². The van der Waals surface area contributed by atoms with E-state index in [1.807, 2.05) is 34.6 Å². The molecule has 2 heterocycles. The molecule has 1 aliphatic heterocycles. The number of ether oxygens (including phenoxy) is 2. The van der Waals surface area contributed by atoms with E-state index in [0.717, 1.165) is 0 Å². The molecule has 1 fully saturated rings. The van der Waals surface area contributed by atoms with E-state index in [-0.39, 0.29) is 0 Å². The van der Waals surface area contributed by atoms with Crippen molar-refractivity contribution in [1.29, 1.82) is 0 Å². The maximum atomic E-state index is 12.5. The van der Waals surface area contributed by atoms with Crippen LogP contribution >= 0.6 is 0 Å². The third kappa shape index (κ3) is 4.89. The number of rotatable bonds is 5. The Morgan fingerprint density at radius 1 is 1.43 bits per heavy atom. The van der Waals surface area contributed by atoms with Crippen LogP contribution in [0.25, 0.3) is 0 Å². The van der Waals surface area contributed by atoms with E-state index in [9.17, 15) is 9.66 Å². The summed E-state index contributed by atoms with van der Waals surface area (Å²) < 4.78 is 26.5. The van der Waals surface area contributed by atoms with Crippen molar-refractivity contribution in [3.05, 3.63) is 30.1 Å². The normalized spacial score (nSPS) is 25.1. The zero-order valence-corrected chi connectivity index (χ0v) is 15.1. The molecule has 6 nitrogen and oxygen atoms in total. The van der Waals surface area contributed by atoms with Gasteiger partial charge >= 0.3 is 0 Å². The van der Waals surface area contributed by atoms with Crippen LogP contribution in [0.4, 0.5) is 0 Å². The number of aliphatic hydroxyl groups is 1. The number of aliphatic hydroxyl groups excluding tert-OH is 1. The molecule has 0 aliphatic carbocycles. The summed E-state index contributed by atoms with van der Waals surface area (Å²) in [4.78, 5) is 4.19. The van der Waals surface area contributed by atoms with Gasteiger partial charge in [-0.25, -0.2) is 0 Å². The van der Waals surface area contributed by atoms with Crippen LogP contribution in [0.3, 0.4) is 0 Å². The lowest BCUT2D eigenvalue weighted by Crippen LogP contribution is -2.53. The van der Waals surface area contributed by atoms with Crippen LogP contribution in [0.2, 0.25) is 0 Å². The second kappa shape index (κ2) is 7.04. The Bertz CT molecular complexity index is 507. The summed E-state index contributed by atoms with van der Waals surface area (Å²) in [7, 11) is 0. The molecule has 0 bridgehead atoms. The highest BCUT2D eigenvalue weighted by Crippen LogP contribution is 2.30. The molecular weight excluding hydrogens is 316 g/mol. The zero-order valence-electron chi connectivity index (χ0n) is 14.3. The molecule has 1 aromatic rings. The maximum Gasteiger partial charge on any atom is 0.163 e. The van der Waals surface area contributed by atoms with Crippen LogP contribution < -0.4 is 4.72 Å². The highest BCUT2D eigenvalue weighted by molar-refractivity contribution is 7.90. The van der Waals surface area contributed by atoms with Crippen molar-refractivity contribution < 1.29 is 19.1 Å². The first kappa shape index (κ1) is 18.6. The molecule has 0 saturated carbocycles. The molecule has 3 unspecified atom stereocenters. The zero-order chi connectivity index (χ0) is 17.3. The smallest absolute Gasteiger partial charge is 0.163 e. The minimum atomic E-state index is -1.36. The second-order valence-electron chi connectivity index (χ2n) is 7.09. The van der Waals surface area contributed by atoms with Crippen molar-refractivity contribution in [2.24, 2.45) is 0 Å². The molecule has 4 atom stereocenters. The molecule has 1 aromatic heterocycles. The molecule has 2 N–H and O–H groups in total. The third-order valence-electron chi connectivity index (χ3n) is 3.56. The highest BCUT2D eigenvalue weighted by Gasteiger charge is 2.44. The number of hydrogen-bond acceptors (Lipinski definition) is 6. The third-order valence-corrected chi connectivity index (χ3v) is 5.16. The summed E-state index contributed by atoms with van der Waals surface area (Å²) >= 11 is -1.36. The van der Waals surface area contributed by atoms with Crippen LogP contribution in [-0.2, 0) is 20.8 Å². The number of pyridine rings is 1. The van der Waals surface area contributed by atoms with Gasteiger partial charge in [-0.2, -0.15) is 0 Å². The SMILES string of the molecule is CC1(C)OC[C@H](C(N[S+]([O-])C(C)(C)C)C(O)c2ccccn2)O1. The summed E-state index contributed by atoms with van der Waals surface area (Å²) in [6, 6.07) is 4.73. The lowest BCUT2D eigenvalue weighted by Gasteiger charge is -2.32. The van der Waals surface area contributed by atoms with Crippen LogP contribution in [0.5, 0.6) is 0 Å². The van der Waals surface area contributed by atoms with Crippen molar-refractivity contribution >= 4 is 11.4 Å². The Labute approximate surface area is 140 Å². The number of nitrogens with zero attached hydrogens (tertiary/aromatic N) is 1. The Hall–Kier alpha value is -0.700. The van der Waals surface area contributed by atoms with E-state index in [1.165, 1.54) is 0 Å². The molecule has 0 aromatic carbocycles. The molecule has 130 valence electrons. The molecular formula is C16H26N2O4S. The average molecular weight is 342 g/mol. The van der Waals surface area contributed by atoms with Gasteiger partial charge in [-0.15, -0.1) is 4.72 Å². The number of hydrogen-bond donors (Lipinski definition) is 2. The van der Waals surface area contributed by atoms with Gasteiger partial charge in [-0.3, -0.25) is 4.98 Å². The van der Waals surface area contributed by atoms with Crippen LogP contribution in [0.15, 0.2) is 24.4 Å². The average Bonchev–Trinajstić information content (AvgIpc) is 2.83. The van der Waals surface area contributed by atoms with Gasteiger partial charge in [0.15, 0.2) is 5.79 Å². The molecule has 0 radical (unpaired) electrons. The Balaban J connectivity index is 2.21. The van der Waals surface area contributed by atoms with Crippen molar-refractivity contribution in [1.82, 2.24) is 9.71 Å². The van der Waals surface area contributed by atoms with Crippen molar-refractivity contribution in [3.63, 3.8) is 0 Å². The summed E-state index contributed by atoms with van der Waals surface area (Å²) in [5.74, 6) is -0.725. The summed E-state index contributed by atoms with van der Waals surface area (Å²) in [6.07, 6.45) is 0.241. The number of nitrogens with one attached hydrogen (secondary N) is 1. The quantitative estimate of drug-likeness (QED) is 0.792. The van der Waals surface area contributed by atoms with E-state index in [4.69, 9.17) is 9.47 Å². The van der Waals surface area contributed by atoms with E-state index in [1.54, 1.807) is 24.4 Å². The predicted molar refractivity (Wildman–Crippen MR) is 88.9 cm³/mol. The van der Waals surface area contributed by atoms with E-state index >= 15 is 0 Å². The molecule has 1 aliphatic rings. The predicted octanol–water partition coefficient (Wildman–Crippen LogP) is 1.69. The van der Waals surface area contributed by atoms with Gasteiger partial charge in [0.1, 0.15) is 23.0 Å². The second-order valence-corrected chi connectivity index (χ2v) is 9.09. The van der Waals surface area contributed by atoms with Gasteiger partial charge < -0.3 is 19.1 Å².